The number of hydrogen-bond donors (Lipinski definition) is 1. The van der Waals surface area contributed by atoms with Crippen LogP contribution in [0.2, 0.25) is 0 Å². The normalized spacial score (nSPS) is 14.0. The molecule has 0 amide bonds. The molecule has 1 aliphatic rings. The Morgan fingerprint density at radius 3 is 2.38 bits per heavy atom. The summed E-state index contributed by atoms with van der Waals surface area (Å²) in [5, 5.41) is 10.2. The predicted molar refractivity (Wildman–Crippen MR) is 69.3 cm³/mol. The maximum atomic E-state index is 10.2. The van der Waals surface area contributed by atoms with Gasteiger partial charge in [0.15, 0.2) is 0 Å². The van der Waals surface area contributed by atoms with Crippen molar-refractivity contribution in [3.63, 3.8) is 0 Å². The molecule has 0 saturated heterocycles. The molecule has 0 aromatic heterocycles. The van der Waals surface area contributed by atoms with E-state index in [0.29, 0.717) is 12.2 Å². The number of fused-ring (bicyclic) bond motifs is 1. The summed E-state index contributed by atoms with van der Waals surface area (Å²) in [6, 6.07) is 0. The molecule has 83 valence electrons. The van der Waals surface area contributed by atoms with Crippen molar-refractivity contribution >= 4 is 11.6 Å². The maximum absolute atomic E-state index is 10.2. The Hall–Kier alpha value is -1.50. The molecule has 0 atom stereocenters. The van der Waals surface area contributed by atoms with Crippen LogP contribution in [0.5, 0.6) is 5.75 Å². The van der Waals surface area contributed by atoms with Crippen LogP contribution in [-0.2, 0) is 6.42 Å². The number of aromatic hydroxyl groups is 1. The lowest BCUT2D eigenvalue weighted by Crippen LogP contribution is -1.99. The van der Waals surface area contributed by atoms with E-state index in [2.05, 4.69) is 20.4 Å². The first-order valence-electron chi connectivity index (χ1n) is 5.51. The Morgan fingerprint density at radius 2 is 1.81 bits per heavy atom. The smallest absolute Gasteiger partial charge is 0.126 e. The SMILES string of the molecule is [CH2]Cc1c(C)c(O)c2c(c1C)C(=C)C(C)=C2. The molecular formula is C15H17O. The van der Waals surface area contributed by atoms with Gasteiger partial charge in [-0.1, -0.05) is 6.58 Å². The second-order valence-corrected chi connectivity index (χ2v) is 4.42. The van der Waals surface area contributed by atoms with Crippen molar-refractivity contribution in [2.45, 2.75) is 27.2 Å². The van der Waals surface area contributed by atoms with E-state index in [1.54, 1.807) is 0 Å². The molecule has 0 saturated carbocycles. The first-order valence-corrected chi connectivity index (χ1v) is 5.51. The molecule has 16 heavy (non-hydrogen) atoms. The zero-order valence-corrected chi connectivity index (χ0v) is 10.1. The summed E-state index contributed by atoms with van der Waals surface area (Å²) >= 11 is 0. The molecular weight excluding hydrogens is 196 g/mol. The Morgan fingerprint density at radius 1 is 1.19 bits per heavy atom. The number of phenols is 1. The Bertz CT molecular complexity index is 519. The number of hydrogen-bond acceptors (Lipinski definition) is 1. The van der Waals surface area contributed by atoms with Gasteiger partial charge in [0.2, 0.25) is 0 Å². The summed E-state index contributed by atoms with van der Waals surface area (Å²) in [5.41, 5.74) is 7.48. The van der Waals surface area contributed by atoms with Crippen molar-refractivity contribution in [3.8, 4) is 5.75 Å². The van der Waals surface area contributed by atoms with Crippen molar-refractivity contribution in [3.05, 3.63) is 46.9 Å². The van der Waals surface area contributed by atoms with Crippen LogP contribution in [0.25, 0.3) is 11.6 Å². The van der Waals surface area contributed by atoms with Crippen molar-refractivity contribution < 1.29 is 5.11 Å². The molecule has 1 heteroatoms. The Balaban J connectivity index is 2.85. The van der Waals surface area contributed by atoms with Gasteiger partial charge in [0, 0.05) is 5.56 Å². The Labute approximate surface area is 97.1 Å². The molecule has 0 unspecified atom stereocenters. The van der Waals surface area contributed by atoms with Crippen molar-refractivity contribution in [2.24, 2.45) is 0 Å². The van der Waals surface area contributed by atoms with E-state index < -0.39 is 0 Å². The maximum Gasteiger partial charge on any atom is 0.126 e. The standard InChI is InChI=1S/C15H17O/c1-6-12-10(4)14-9(3)8(2)7-13(14)15(16)11(12)5/h7,16H,1,3,6H2,2,4-5H3. The third-order valence-electron chi connectivity index (χ3n) is 3.55. The molecule has 1 aromatic carbocycles. The highest BCUT2D eigenvalue weighted by atomic mass is 16.3. The summed E-state index contributed by atoms with van der Waals surface area (Å²) in [4.78, 5) is 0. The monoisotopic (exact) mass is 213 g/mol. The average molecular weight is 213 g/mol. The molecule has 2 rings (SSSR count). The lowest BCUT2D eigenvalue weighted by atomic mass is 9.90. The van der Waals surface area contributed by atoms with E-state index in [1.165, 1.54) is 5.56 Å². The van der Waals surface area contributed by atoms with Gasteiger partial charge in [0.25, 0.3) is 0 Å². The second kappa shape index (κ2) is 3.51. The fraction of sp³-hybridized carbons (Fsp3) is 0.267. The Kier molecular flexibility index (Phi) is 2.42. The molecule has 0 bridgehead atoms. The summed E-state index contributed by atoms with van der Waals surface area (Å²) in [7, 11) is 0. The summed E-state index contributed by atoms with van der Waals surface area (Å²) in [6.45, 7) is 14.1. The molecule has 0 fully saturated rings. The summed E-state index contributed by atoms with van der Waals surface area (Å²) < 4.78 is 0. The van der Waals surface area contributed by atoms with E-state index in [-0.39, 0.29) is 0 Å². The van der Waals surface area contributed by atoms with Crippen LogP contribution in [0.15, 0.2) is 12.2 Å². The van der Waals surface area contributed by atoms with Crippen molar-refractivity contribution in [1.82, 2.24) is 0 Å². The predicted octanol–water partition coefficient (Wildman–Crippen LogP) is 3.82. The molecule has 1 N–H and O–H groups in total. The van der Waals surface area contributed by atoms with Crippen LogP contribution < -0.4 is 0 Å². The first kappa shape index (κ1) is 11.0. The minimum atomic E-state index is 0.386. The number of phenolic OH excluding ortho intramolecular Hbond substituents is 1. The van der Waals surface area contributed by atoms with Crippen LogP contribution in [0.4, 0.5) is 0 Å². The molecule has 1 aliphatic carbocycles. The third-order valence-corrected chi connectivity index (χ3v) is 3.55. The van der Waals surface area contributed by atoms with Crippen LogP contribution in [0.3, 0.4) is 0 Å². The van der Waals surface area contributed by atoms with E-state index >= 15 is 0 Å². The van der Waals surface area contributed by atoms with E-state index in [4.69, 9.17) is 0 Å². The van der Waals surface area contributed by atoms with E-state index in [9.17, 15) is 5.11 Å². The van der Waals surface area contributed by atoms with Crippen molar-refractivity contribution in [1.29, 1.82) is 0 Å². The van der Waals surface area contributed by atoms with Gasteiger partial charge in [-0.05, 0) is 73.6 Å². The van der Waals surface area contributed by atoms with Gasteiger partial charge >= 0.3 is 0 Å². The number of allylic oxidation sites excluding steroid dienone is 2. The zero-order chi connectivity index (χ0) is 12.0. The lowest BCUT2D eigenvalue weighted by Gasteiger charge is -2.16. The minimum Gasteiger partial charge on any atom is -0.507 e. The van der Waals surface area contributed by atoms with E-state index in [0.717, 1.165) is 33.4 Å². The first-order chi connectivity index (χ1) is 7.49. The van der Waals surface area contributed by atoms with Gasteiger partial charge in [0.1, 0.15) is 5.75 Å². The number of benzene rings is 1. The fourth-order valence-corrected chi connectivity index (χ4v) is 2.50. The van der Waals surface area contributed by atoms with E-state index in [1.807, 2.05) is 19.9 Å². The van der Waals surface area contributed by atoms with Crippen molar-refractivity contribution in [2.75, 3.05) is 0 Å². The third kappa shape index (κ3) is 1.24. The highest BCUT2D eigenvalue weighted by Crippen LogP contribution is 2.44. The fourth-order valence-electron chi connectivity index (χ4n) is 2.50. The van der Waals surface area contributed by atoms with Gasteiger partial charge in [-0.15, -0.1) is 0 Å². The molecule has 1 radical (unpaired) electrons. The summed E-state index contributed by atoms with van der Waals surface area (Å²) in [5.74, 6) is 0.386. The second-order valence-electron chi connectivity index (χ2n) is 4.42. The van der Waals surface area contributed by atoms with Gasteiger partial charge < -0.3 is 5.11 Å². The van der Waals surface area contributed by atoms with Crippen LogP contribution >= 0.6 is 0 Å². The minimum absolute atomic E-state index is 0.386. The number of rotatable bonds is 1. The molecule has 0 spiro atoms. The lowest BCUT2D eigenvalue weighted by molar-refractivity contribution is 0.468. The quantitative estimate of drug-likeness (QED) is 0.752. The van der Waals surface area contributed by atoms with Crippen LogP contribution in [0, 0.1) is 20.8 Å². The molecule has 1 aromatic rings. The molecule has 0 heterocycles. The van der Waals surface area contributed by atoms with Gasteiger partial charge in [-0.3, -0.25) is 0 Å². The molecule has 0 aliphatic heterocycles. The topological polar surface area (TPSA) is 20.2 Å². The largest absolute Gasteiger partial charge is 0.507 e. The van der Waals surface area contributed by atoms with Gasteiger partial charge in [-0.2, -0.15) is 0 Å². The van der Waals surface area contributed by atoms with Gasteiger partial charge in [0.05, 0.1) is 0 Å². The van der Waals surface area contributed by atoms with Crippen LogP contribution in [0.1, 0.15) is 34.7 Å². The molecule has 1 nitrogen and oxygen atoms in total. The summed E-state index contributed by atoms with van der Waals surface area (Å²) in [6.07, 6.45) is 2.71. The van der Waals surface area contributed by atoms with Crippen LogP contribution in [-0.4, -0.2) is 5.11 Å². The zero-order valence-electron chi connectivity index (χ0n) is 10.1. The highest BCUT2D eigenvalue weighted by molar-refractivity contribution is 5.96. The average Bonchev–Trinajstić information content (AvgIpc) is 2.54. The highest BCUT2D eigenvalue weighted by Gasteiger charge is 2.23. The van der Waals surface area contributed by atoms with Gasteiger partial charge in [-0.25, -0.2) is 0 Å².